The minimum absolute atomic E-state index is 0.403. The van der Waals surface area contributed by atoms with Crippen LogP contribution >= 0.6 is 11.6 Å². The van der Waals surface area contributed by atoms with Crippen molar-refractivity contribution >= 4 is 23.7 Å². The van der Waals surface area contributed by atoms with Gasteiger partial charge >= 0.3 is 0 Å². The van der Waals surface area contributed by atoms with Crippen LogP contribution in [0.2, 0.25) is 5.02 Å². The molecule has 0 amide bonds. The highest BCUT2D eigenvalue weighted by molar-refractivity contribution is 6.30. The summed E-state index contributed by atoms with van der Waals surface area (Å²) in [5, 5.41) is 24.1. The normalized spacial score (nSPS) is 31.8. The molecule has 0 aliphatic heterocycles. The smallest absolute Gasteiger partial charge is 0.228 e. The molecule has 1 aliphatic rings. The van der Waals surface area contributed by atoms with Gasteiger partial charge in [0.1, 0.15) is 12.1 Å². The van der Waals surface area contributed by atoms with Crippen molar-refractivity contribution in [2.45, 2.75) is 37.3 Å². The van der Waals surface area contributed by atoms with Crippen molar-refractivity contribution in [1.82, 2.24) is 0 Å². The van der Waals surface area contributed by atoms with Gasteiger partial charge in [-0.15, -0.1) is 0 Å². The molecule has 1 fully saturated rings. The molecular formula is C22H22ClNO5. The number of carbonyl (C=O) groups excluding carboxylic acids is 2. The second-order valence-corrected chi connectivity index (χ2v) is 8.20. The minimum Gasteiger partial charge on any atom is -0.389 e. The summed E-state index contributed by atoms with van der Waals surface area (Å²) < 4.78 is 0. The SMILES string of the molecule is CC(=O)[C@@H]1[C@@H](c2ccc(Cl)cc2)[C@@H]([N+](=O)[O-])[C@@H](c2ccccc2)[C@H](C=O)[C@]1(C)O. The number of carbonyl (C=O) groups is 2. The predicted molar refractivity (Wildman–Crippen MR) is 109 cm³/mol. The van der Waals surface area contributed by atoms with Crippen molar-refractivity contribution < 1.29 is 19.6 Å². The molecule has 1 aliphatic carbocycles. The largest absolute Gasteiger partial charge is 0.389 e. The summed E-state index contributed by atoms with van der Waals surface area (Å²) in [6.07, 6.45) is 0.544. The van der Waals surface area contributed by atoms with Crippen LogP contribution in [0.5, 0.6) is 0 Å². The Hall–Kier alpha value is -2.57. The summed E-state index contributed by atoms with van der Waals surface area (Å²) >= 11 is 5.98. The minimum atomic E-state index is -1.76. The van der Waals surface area contributed by atoms with E-state index in [2.05, 4.69) is 0 Å². The second kappa shape index (κ2) is 8.05. The van der Waals surface area contributed by atoms with Crippen molar-refractivity contribution in [3.63, 3.8) is 0 Å². The monoisotopic (exact) mass is 415 g/mol. The molecule has 1 N–H and O–H groups in total. The van der Waals surface area contributed by atoms with Gasteiger partial charge < -0.3 is 9.90 Å². The van der Waals surface area contributed by atoms with Crippen molar-refractivity contribution in [2.75, 3.05) is 0 Å². The van der Waals surface area contributed by atoms with Crippen LogP contribution in [0.1, 0.15) is 36.8 Å². The molecule has 3 rings (SSSR count). The Morgan fingerprint density at radius 3 is 2.14 bits per heavy atom. The Balaban J connectivity index is 2.29. The standard InChI is InChI=1S/C22H22ClNO5/c1-13(26)20-19(15-8-10-16(23)11-9-15)21(24(28)29)18(14-6-4-3-5-7-14)17(12-25)22(20,2)27/h3-12,17-21,27H,1-2H3/t17-,18-,19+,20+,21-,22-/m0/s1. The second-order valence-electron chi connectivity index (χ2n) is 7.77. The summed E-state index contributed by atoms with van der Waals surface area (Å²) in [6, 6.07) is 13.9. The van der Waals surface area contributed by atoms with Crippen molar-refractivity contribution in [1.29, 1.82) is 0 Å². The highest BCUT2D eigenvalue weighted by Gasteiger charge is 2.63. The van der Waals surface area contributed by atoms with Gasteiger partial charge in [-0.05, 0) is 37.1 Å². The first kappa shape index (κ1) is 21.1. The zero-order valence-electron chi connectivity index (χ0n) is 16.1. The lowest BCUT2D eigenvalue weighted by atomic mass is 9.54. The summed E-state index contributed by atoms with van der Waals surface area (Å²) in [7, 11) is 0. The average Bonchev–Trinajstić information content (AvgIpc) is 2.67. The van der Waals surface area contributed by atoms with Crippen LogP contribution in [0.4, 0.5) is 0 Å². The maximum absolute atomic E-state index is 12.6. The van der Waals surface area contributed by atoms with Gasteiger partial charge in [-0.2, -0.15) is 0 Å². The lowest BCUT2D eigenvalue weighted by Gasteiger charge is -2.49. The molecule has 0 heterocycles. The fourth-order valence-electron chi connectivity index (χ4n) is 4.87. The van der Waals surface area contributed by atoms with Crippen LogP contribution < -0.4 is 0 Å². The van der Waals surface area contributed by atoms with Gasteiger partial charge in [-0.1, -0.05) is 54.1 Å². The van der Waals surface area contributed by atoms with E-state index in [4.69, 9.17) is 11.6 Å². The first-order valence-electron chi connectivity index (χ1n) is 9.32. The number of rotatable bonds is 5. The number of hydrogen-bond acceptors (Lipinski definition) is 5. The molecule has 152 valence electrons. The first-order valence-corrected chi connectivity index (χ1v) is 9.70. The van der Waals surface area contributed by atoms with E-state index >= 15 is 0 Å². The molecule has 7 heteroatoms. The van der Waals surface area contributed by atoms with Crippen molar-refractivity contribution in [3.05, 3.63) is 80.9 Å². The molecule has 0 radical (unpaired) electrons. The van der Waals surface area contributed by atoms with Gasteiger partial charge in [0.05, 0.1) is 29.3 Å². The fraction of sp³-hybridized carbons (Fsp3) is 0.364. The quantitative estimate of drug-likeness (QED) is 0.456. The van der Waals surface area contributed by atoms with E-state index in [9.17, 15) is 24.8 Å². The molecule has 0 aromatic heterocycles. The third-order valence-corrected chi connectivity index (χ3v) is 6.31. The maximum atomic E-state index is 12.6. The summed E-state index contributed by atoms with van der Waals surface area (Å²) in [4.78, 5) is 36.6. The van der Waals surface area contributed by atoms with Crippen LogP contribution in [0.25, 0.3) is 0 Å². The summed E-state index contributed by atoms with van der Waals surface area (Å²) in [5.74, 6) is -4.45. The van der Waals surface area contributed by atoms with E-state index in [0.717, 1.165) is 0 Å². The maximum Gasteiger partial charge on any atom is 0.228 e. The zero-order valence-corrected chi connectivity index (χ0v) is 16.8. The van der Waals surface area contributed by atoms with Gasteiger partial charge in [-0.25, -0.2) is 0 Å². The van der Waals surface area contributed by atoms with E-state index in [1.54, 1.807) is 54.6 Å². The van der Waals surface area contributed by atoms with E-state index < -0.39 is 46.0 Å². The van der Waals surface area contributed by atoms with Gasteiger partial charge in [-0.3, -0.25) is 14.9 Å². The highest BCUT2D eigenvalue weighted by atomic mass is 35.5. The van der Waals surface area contributed by atoms with Crippen LogP contribution in [0.3, 0.4) is 0 Å². The van der Waals surface area contributed by atoms with Crippen LogP contribution in [0, 0.1) is 22.0 Å². The van der Waals surface area contributed by atoms with E-state index in [0.29, 0.717) is 22.4 Å². The molecule has 0 bridgehead atoms. The van der Waals surface area contributed by atoms with Crippen LogP contribution in [-0.4, -0.2) is 33.7 Å². The summed E-state index contributed by atoms with van der Waals surface area (Å²) in [5.41, 5.74) is -0.653. The number of nitro groups is 1. The molecule has 1 saturated carbocycles. The number of Topliss-reactive ketones (excluding diaryl/α,β-unsaturated/α-hetero) is 1. The Kier molecular flexibility index (Phi) is 5.87. The molecule has 0 unspecified atom stereocenters. The predicted octanol–water partition coefficient (Wildman–Crippen LogP) is 3.64. The van der Waals surface area contributed by atoms with Crippen LogP contribution in [0.15, 0.2) is 54.6 Å². The lowest BCUT2D eigenvalue weighted by Crippen LogP contribution is -2.61. The first-order chi connectivity index (χ1) is 13.7. The fourth-order valence-corrected chi connectivity index (χ4v) is 5.00. The molecule has 0 saturated heterocycles. The Morgan fingerprint density at radius 1 is 1.10 bits per heavy atom. The highest BCUT2D eigenvalue weighted by Crippen LogP contribution is 2.53. The zero-order chi connectivity index (χ0) is 21.3. The number of nitrogens with zero attached hydrogens (tertiary/aromatic N) is 1. The average molecular weight is 416 g/mol. The summed E-state index contributed by atoms with van der Waals surface area (Å²) in [6.45, 7) is 2.72. The molecule has 2 aromatic rings. The van der Waals surface area contributed by atoms with Gasteiger partial charge in [0, 0.05) is 9.95 Å². The topological polar surface area (TPSA) is 97.5 Å². The molecule has 0 spiro atoms. The molecule has 6 atom stereocenters. The third-order valence-electron chi connectivity index (χ3n) is 6.05. The van der Waals surface area contributed by atoms with E-state index in [1.165, 1.54) is 13.8 Å². The number of aldehydes is 1. The lowest BCUT2D eigenvalue weighted by molar-refractivity contribution is -0.539. The van der Waals surface area contributed by atoms with Gasteiger partial charge in [0.2, 0.25) is 6.04 Å². The number of hydrogen-bond donors (Lipinski definition) is 1. The molecule has 6 nitrogen and oxygen atoms in total. The molecular weight excluding hydrogens is 394 g/mol. The van der Waals surface area contributed by atoms with Gasteiger partial charge in [0.15, 0.2) is 0 Å². The van der Waals surface area contributed by atoms with E-state index in [1.807, 2.05) is 0 Å². The van der Waals surface area contributed by atoms with Crippen LogP contribution in [-0.2, 0) is 9.59 Å². The third kappa shape index (κ3) is 3.70. The number of benzene rings is 2. The molecule has 2 aromatic carbocycles. The Labute approximate surface area is 173 Å². The molecule has 29 heavy (non-hydrogen) atoms. The van der Waals surface area contributed by atoms with Gasteiger partial charge in [0.25, 0.3) is 0 Å². The van der Waals surface area contributed by atoms with Crippen molar-refractivity contribution in [3.8, 4) is 0 Å². The number of halogens is 1. The number of aliphatic hydroxyl groups is 1. The Bertz CT molecular complexity index is 913. The van der Waals surface area contributed by atoms with E-state index in [-0.39, 0.29) is 0 Å². The van der Waals surface area contributed by atoms with Crippen molar-refractivity contribution in [2.24, 2.45) is 11.8 Å². The Morgan fingerprint density at radius 2 is 1.66 bits per heavy atom. The number of ketones is 1.